The fraction of sp³-hybridized carbons (Fsp3) is 0.338. The molecule has 0 aliphatic carbocycles. The number of hydrogen-bond donors (Lipinski definition) is 1. The Morgan fingerprint density at radius 2 is 1.20 bits per heavy atom. The first-order chi connectivity index (χ1) is 37.9. The number of ketones is 1. The largest absolute Gasteiger partial charge is 0.512 e. The van der Waals surface area contributed by atoms with Gasteiger partial charge < -0.3 is 10.1 Å². The second-order valence-electron chi connectivity index (χ2n) is 25.0. The summed E-state index contributed by atoms with van der Waals surface area (Å²) in [5, 5.41) is 15.0. The maximum atomic E-state index is 11.7. The van der Waals surface area contributed by atoms with Gasteiger partial charge in [-0.2, -0.15) is 0 Å². The number of fused-ring (bicyclic) bond motifs is 2. The Labute approximate surface area is 505 Å². The van der Waals surface area contributed by atoms with E-state index in [1.165, 1.54) is 81.7 Å². The molecule has 0 aliphatic heterocycles. The summed E-state index contributed by atoms with van der Waals surface area (Å²) in [5.74, 6) is 0.547. The van der Waals surface area contributed by atoms with E-state index in [9.17, 15) is 9.90 Å². The summed E-state index contributed by atoms with van der Waals surface area (Å²) in [4.78, 5) is 22.5. The van der Waals surface area contributed by atoms with E-state index in [0.29, 0.717) is 5.41 Å². The van der Waals surface area contributed by atoms with Crippen molar-refractivity contribution >= 4 is 51.2 Å². The number of aromatic nitrogens is 2. The zero-order valence-electron chi connectivity index (χ0n) is 51.1. The molecule has 425 valence electrons. The van der Waals surface area contributed by atoms with Crippen molar-refractivity contribution in [1.29, 1.82) is 0 Å². The molecule has 4 nitrogen and oxygen atoms in total. The molecule has 1 radical (unpaired) electrons. The topological polar surface area (TPSA) is 63.1 Å². The molecular formula is C74H86IrN2O2SSi-2. The molecule has 0 amide bonds. The molecule has 0 atom stereocenters. The molecule has 3 aromatic heterocycles. The van der Waals surface area contributed by atoms with Gasteiger partial charge in [0.15, 0.2) is 5.78 Å². The fourth-order valence-corrected chi connectivity index (χ4v) is 13.0. The monoisotopic (exact) mass is 1290 g/mol. The molecule has 6 aromatic carbocycles. The normalized spacial score (nSPS) is 12.0. The predicted molar refractivity (Wildman–Crippen MR) is 349 cm³/mol. The molecule has 0 unspecified atom stereocenters. The van der Waals surface area contributed by atoms with Crippen molar-refractivity contribution in [2.75, 3.05) is 0 Å². The minimum absolute atomic E-state index is 0. The number of aliphatic hydroxyl groups is 1. The van der Waals surface area contributed by atoms with Crippen molar-refractivity contribution in [2.24, 2.45) is 17.3 Å². The van der Waals surface area contributed by atoms with Gasteiger partial charge >= 0.3 is 0 Å². The van der Waals surface area contributed by atoms with Gasteiger partial charge in [0, 0.05) is 65.7 Å². The van der Waals surface area contributed by atoms with Gasteiger partial charge in [-0.05, 0) is 112 Å². The number of carbonyl (C=O) groups excluding carboxylic acids is 1. The van der Waals surface area contributed by atoms with E-state index in [-0.39, 0.29) is 48.9 Å². The Bertz CT molecular complexity index is 3550. The van der Waals surface area contributed by atoms with Crippen molar-refractivity contribution in [3.8, 4) is 55.2 Å². The van der Waals surface area contributed by atoms with Crippen molar-refractivity contribution in [2.45, 2.75) is 147 Å². The third-order valence-electron chi connectivity index (χ3n) is 15.2. The Morgan fingerprint density at radius 3 is 1.77 bits per heavy atom. The Balaban J connectivity index is 0.000000209. The number of benzene rings is 6. The molecule has 7 heteroatoms. The van der Waals surface area contributed by atoms with Crippen LogP contribution in [0.25, 0.3) is 76.1 Å². The van der Waals surface area contributed by atoms with Crippen molar-refractivity contribution in [1.82, 2.24) is 9.97 Å². The summed E-state index contributed by atoms with van der Waals surface area (Å²) >= 11 is 1.86. The van der Waals surface area contributed by atoms with Crippen LogP contribution in [0.4, 0.5) is 0 Å². The first-order valence-corrected chi connectivity index (χ1v) is 33.3. The molecule has 0 bridgehead atoms. The number of thiophene rings is 1. The van der Waals surface area contributed by atoms with Gasteiger partial charge in [-0.3, -0.25) is 9.78 Å². The summed E-state index contributed by atoms with van der Waals surface area (Å²) in [6.45, 7) is 35.4. The average molecular weight is 1290 g/mol. The van der Waals surface area contributed by atoms with Gasteiger partial charge in [0.05, 0.1) is 13.8 Å². The zero-order valence-corrected chi connectivity index (χ0v) is 55.3. The fourth-order valence-electron chi connectivity index (χ4n) is 10.6. The number of pyridine rings is 2. The van der Waals surface area contributed by atoms with E-state index in [1.807, 2.05) is 51.4 Å². The summed E-state index contributed by atoms with van der Waals surface area (Å²) in [6.07, 6.45) is 9.84. The summed E-state index contributed by atoms with van der Waals surface area (Å²) in [6, 6.07) is 55.7. The third-order valence-corrected chi connectivity index (χ3v) is 18.6. The SMILES string of the molecule is CCC(CC)C(=O)/C=C(\O)C(CC)CC.Cc1[c-]c(-c2cc(-c3ccc(-c4ccc(CC(C)(C)C)cc4)cc3)ccn2)cc(C)c1.Cc1c(-c2ccc([Si](C)(C)C)cc2)sc2c(-c3[c-]c4ccccc4c(C(C)(C)C)c3)nccc12.[Ir]. The Hall–Kier alpha value is -6.08. The third kappa shape index (κ3) is 16.6. The molecular weight excluding hydrogens is 1200 g/mol. The number of aryl methyl sites for hydroxylation is 3. The van der Waals surface area contributed by atoms with E-state index < -0.39 is 8.07 Å². The maximum Gasteiger partial charge on any atom is 0.162 e. The number of allylic oxidation sites excluding steroid dienone is 2. The minimum Gasteiger partial charge on any atom is -0.512 e. The molecule has 1 N–H and O–H groups in total. The molecule has 0 fully saturated rings. The van der Waals surface area contributed by atoms with E-state index in [4.69, 9.17) is 4.98 Å². The van der Waals surface area contributed by atoms with Crippen molar-refractivity contribution in [3.63, 3.8) is 0 Å². The molecule has 9 aromatic rings. The molecule has 0 saturated heterocycles. The average Bonchev–Trinajstić information content (AvgIpc) is 3.84. The van der Waals surface area contributed by atoms with Crippen LogP contribution < -0.4 is 5.19 Å². The first-order valence-electron chi connectivity index (χ1n) is 29.0. The number of aliphatic hydroxyl groups excluding tert-OH is 1. The number of nitrogens with zero attached hydrogens (tertiary/aromatic N) is 2. The van der Waals surface area contributed by atoms with Crippen LogP contribution in [-0.4, -0.2) is 28.9 Å². The van der Waals surface area contributed by atoms with Crippen LogP contribution >= 0.6 is 11.3 Å². The van der Waals surface area contributed by atoms with Gasteiger partial charge in [0.2, 0.25) is 0 Å². The number of carbonyl (C=O) groups is 1. The molecule has 0 aliphatic rings. The van der Waals surface area contributed by atoms with Gasteiger partial charge in [-0.25, -0.2) is 0 Å². The Morgan fingerprint density at radius 1 is 0.630 bits per heavy atom. The van der Waals surface area contributed by atoms with Gasteiger partial charge in [-0.1, -0.05) is 216 Å². The van der Waals surface area contributed by atoms with Gasteiger partial charge in [-0.15, -0.1) is 75.4 Å². The maximum absolute atomic E-state index is 11.7. The standard InChI is InChI=1S/C31H32NSSi.C30H30N.C13H24O2.Ir/c1-20-25-16-17-32-28(23-18-22-10-8-9-11-26(22)27(19-23)31(2,3)4)30(25)33-29(20)21-12-14-24(15-13-21)34(5,6)7;1-21-16-22(2)18-28(17-21)29-19-27(14-15-31-29)26-12-10-25(11-13-26)24-8-6-23(7-9-24)20-30(3,4)5;1-5-10(6-2)12(14)9-13(15)11(7-3)8-4;/h8-17,19H,1-7H3;6-17,19H,20H2,1-5H3;9-11,14H,5-8H2,1-4H3;/q2*-1;;/b;;12-9-;. The molecule has 9 rings (SSSR count). The van der Waals surface area contributed by atoms with E-state index in [0.717, 1.165) is 65.6 Å². The summed E-state index contributed by atoms with van der Waals surface area (Å²) in [7, 11) is -1.31. The van der Waals surface area contributed by atoms with Crippen LogP contribution in [0.15, 0.2) is 158 Å². The second kappa shape index (κ2) is 27.8. The molecule has 3 heterocycles. The number of hydrogen-bond acceptors (Lipinski definition) is 5. The zero-order chi connectivity index (χ0) is 58.1. The summed E-state index contributed by atoms with van der Waals surface area (Å²) in [5.41, 5.74) is 17.1. The van der Waals surface area contributed by atoms with Crippen LogP contribution in [0, 0.1) is 50.2 Å². The van der Waals surface area contributed by atoms with Crippen LogP contribution in [0.1, 0.15) is 123 Å². The van der Waals surface area contributed by atoms with Gasteiger partial charge in [0.25, 0.3) is 0 Å². The summed E-state index contributed by atoms with van der Waals surface area (Å²) < 4.78 is 1.25. The van der Waals surface area contributed by atoms with E-state index >= 15 is 0 Å². The van der Waals surface area contributed by atoms with Crippen molar-refractivity contribution < 1.29 is 30.0 Å². The van der Waals surface area contributed by atoms with Crippen LogP contribution in [0.2, 0.25) is 19.6 Å². The minimum atomic E-state index is -1.31. The van der Waals surface area contributed by atoms with Crippen molar-refractivity contribution in [3.05, 3.63) is 198 Å². The number of rotatable bonds is 14. The first kappa shape index (κ1) is 64.1. The van der Waals surface area contributed by atoms with E-state index in [1.54, 1.807) is 0 Å². The predicted octanol–water partition coefficient (Wildman–Crippen LogP) is 20.7. The Kier molecular flexibility index (Phi) is 22.0. The van der Waals surface area contributed by atoms with Crippen LogP contribution in [-0.2, 0) is 36.7 Å². The molecule has 0 spiro atoms. The van der Waals surface area contributed by atoms with E-state index in [2.05, 4.69) is 233 Å². The smallest absolute Gasteiger partial charge is 0.162 e. The quantitative estimate of drug-likeness (QED) is 0.0510. The van der Waals surface area contributed by atoms with Crippen LogP contribution in [0.5, 0.6) is 0 Å². The second-order valence-corrected chi connectivity index (χ2v) is 31.1. The van der Waals surface area contributed by atoms with Crippen LogP contribution in [0.3, 0.4) is 0 Å². The van der Waals surface area contributed by atoms with Gasteiger partial charge in [0.1, 0.15) is 0 Å². The molecule has 81 heavy (non-hydrogen) atoms. The molecule has 0 saturated carbocycles.